The van der Waals surface area contributed by atoms with E-state index < -0.39 is 10.2 Å². The quantitative estimate of drug-likeness (QED) is 0.656. The molecule has 0 unspecified atom stereocenters. The van der Waals surface area contributed by atoms with Crippen LogP contribution in [0.3, 0.4) is 0 Å². The highest BCUT2D eigenvalue weighted by atomic mass is 32.2. The fourth-order valence-electron chi connectivity index (χ4n) is 1.55. The SMILES string of the molecule is CC(C)(C)NC(=O)N1CCN(S(N)(=O)=O)CC1. The number of hydrogen-bond acceptors (Lipinski definition) is 3. The van der Waals surface area contributed by atoms with Gasteiger partial charge in [0.25, 0.3) is 10.2 Å². The molecule has 3 N–H and O–H groups in total. The van der Waals surface area contributed by atoms with Gasteiger partial charge in [-0.15, -0.1) is 0 Å². The highest BCUT2D eigenvalue weighted by Crippen LogP contribution is 2.06. The van der Waals surface area contributed by atoms with Gasteiger partial charge < -0.3 is 10.2 Å². The molecule has 1 aliphatic heterocycles. The molecule has 1 aliphatic rings. The fourth-order valence-corrected chi connectivity index (χ4v) is 2.22. The number of amides is 2. The molecule has 0 aromatic rings. The Labute approximate surface area is 102 Å². The van der Waals surface area contributed by atoms with Crippen LogP contribution in [0.15, 0.2) is 0 Å². The van der Waals surface area contributed by atoms with Gasteiger partial charge in [-0.2, -0.15) is 12.7 Å². The Morgan fingerprint density at radius 3 is 2.00 bits per heavy atom. The molecule has 8 heteroatoms. The summed E-state index contributed by atoms with van der Waals surface area (Å²) in [5.74, 6) is 0. The van der Waals surface area contributed by atoms with Gasteiger partial charge in [0.1, 0.15) is 0 Å². The van der Waals surface area contributed by atoms with Crippen LogP contribution in [0.2, 0.25) is 0 Å². The number of nitrogens with two attached hydrogens (primary N) is 1. The molecule has 100 valence electrons. The summed E-state index contributed by atoms with van der Waals surface area (Å²) in [6.07, 6.45) is 0. The maximum Gasteiger partial charge on any atom is 0.317 e. The Balaban J connectivity index is 2.50. The zero-order chi connectivity index (χ0) is 13.3. The number of rotatable bonds is 1. The molecule has 0 spiro atoms. The first kappa shape index (κ1) is 14.2. The van der Waals surface area contributed by atoms with E-state index in [1.54, 1.807) is 4.90 Å². The summed E-state index contributed by atoms with van der Waals surface area (Å²) < 4.78 is 23.3. The fraction of sp³-hybridized carbons (Fsp3) is 0.889. The van der Waals surface area contributed by atoms with Gasteiger partial charge in [0, 0.05) is 31.7 Å². The standard InChI is InChI=1S/C9H20N4O3S/c1-9(2,3)11-8(14)12-4-6-13(7-5-12)17(10,15)16/h4-7H2,1-3H3,(H,11,14)(H2,10,15,16). The Morgan fingerprint density at radius 2 is 1.65 bits per heavy atom. The third-order valence-corrected chi connectivity index (χ3v) is 3.45. The zero-order valence-electron chi connectivity index (χ0n) is 10.4. The lowest BCUT2D eigenvalue weighted by molar-refractivity contribution is 0.165. The number of carbonyl (C=O) groups is 1. The minimum atomic E-state index is -3.64. The number of nitrogens with zero attached hydrogens (tertiary/aromatic N) is 2. The van der Waals surface area contributed by atoms with Crippen molar-refractivity contribution in [2.75, 3.05) is 26.2 Å². The van der Waals surface area contributed by atoms with Crippen molar-refractivity contribution in [3.8, 4) is 0 Å². The molecule has 1 fully saturated rings. The van der Waals surface area contributed by atoms with E-state index in [4.69, 9.17) is 5.14 Å². The van der Waals surface area contributed by atoms with Crippen LogP contribution >= 0.6 is 0 Å². The number of piperazine rings is 1. The summed E-state index contributed by atoms with van der Waals surface area (Å²) in [6, 6.07) is -0.174. The lowest BCUT2D eigenvalue weighted by Gasteiger charge is -2.34. The van der Waals surface area contributed by atoms with Crippen LogP contribution in [-0.4, -0.2) is 55.4 Å². The summed E-state index contributed by atoms with van der Waals surface area (Å²) in [6.45, 7) is 6.89. The van der Waals surface area contributed by atoms with Gasteiger partial charge in [-0.05, 0) is 20.8 Å². The monoisotopic (exact) mass is 264 g/mol. The average Bonchev–Trinajstić information content (AvgIpc) is 2.14. The van der Waals surface area contributed by atoms with E-state index in [0.29, 0.717) is 13.1 Å². The second-order valence-electron chi connectivity index (χ2n) is 5.11. The van der Waals surface area contributed by atoms with E-state index in [1.165, 1.54) is 4.31 Å². The van der Waals surface area contributed by atoms with Gasteiger partial charge in [-0.1, -0.05) is 0 Å². The third-order valence-electron chi connectivity index (χ3n) is 2.37. The predicted octanol–water partition coefficient (Wildman–Crippen LogP) is -0.684. The maximum absolute atomic E-state index is 11.8. The van der Waals surface area contributed by atoms with Crippen molar-refractivity contribution < 1.29 is 13.2 Å². The largest absolute Gasteiger partial charge is 0.333 e. The van der Waals surface area contributed by atoms with Gasteiger partial charge >= 0.3 is 6.03 Å². The molecule has 0 aromatic carbocycles. The first-order chi connectivity index (χ1) is 7.59. The highest BCUT2D eigenvalue weighted by molar-refractivity contribution is 7.86. The van der Waals surface area contributed by atoms with Crippen LogP contribution in [-0.2, 0) is 10.2 Å². The van der Waals surface area contributed by atoms with Crippen molar-refractivity contribution >= 4 is 16.2 Å². The molecule has 1 saturated heterocycles. The van der Waals surface area contributed by atoms with Crippen LogP contribution < -0.4 is 10.5 Å². The number of nitrogens with one attached hydrogen (secondary N) is 1. The second-order valence-corrected chi connectivity index (χ2v) is 6.66. The molecule has 0 bridgehead atoms. The van der Waals surface area contributed by atoms with Gasteiger partial charge in [0.15, 0.2) is 0 Å². The summed E-state index contributed by atoms with van der Waals surface area (Å²) >= 11 is 0. The first-order valence-electron chi connectivity index (χ1n) is 5.44. The van der Waals surface area contributed by atoms with Gasteiger partial charge in [-0.3, -0.25) is 0 Å². The van der Waals surface area contributed by atoms with Crippen molar-refractivity contribution in [2.24, 2.45) is 5.14 Å². The Hall–Kier alpha value is -0.860. The Kier molecular flexibility index (Phi) is 4.00. The van der Waals surface area contributed by atoms with Crippen LogP contribution in [0, 0.1) is 0 Å². The molecule has 0 aliphatic carbocycles. The molecule has 0 atom stereocenters. The van der Waals surface area contributed by atoms with Crippen molar-refractivity contribution in [3.05, 3.63) is 0 Å². The van der Waals surface area contributed by atoms with E-state index in [2.05, 4.69) is 5.32 Å². The van der Waals surface area contributed by atoms with E-state index in [0.717, 1.165) is 0 Å². The molecule has 7 nitrogen and oxygen atoms in total. The predicted molar refractivity (Wildman–Crippen MR) is 64.5 cm³/mol. The maximum atomic E-state index is 11.8. The topological polar surface area (TPSA) is 95.7 Å². The van der Waals surface area contributed by atoms with E-state index in [1.807, 2.05) is 20.8 Å². The molecule has 0 aromatic heterocycles. The minimum Gasteiger partial charge on any atom is -0.333 e. The summed E-state index contributed by atoms with van der Waals surface area (Å²) in [5, 5.41) is 7.84. The van der Waals surface area contributed by atoms with Crippen LogP contribution in [0.1, 0.15) is 20.8 Å². The molecule has 1 heterocycles. The highest BCUT2D eigenvalue weighted by Gasteiger charge is 2.27. The molecule has 0 radical (unpaired) electrons. The lowest BCUT2D eigenvalue weighted by Crippen LogP contribution is -2.56. The normalized spacial score (nSPS) is 19.2. The van der Waals surface area contributed by atoms with Gasteiger partial charge in [0.05, 0.1) is 0 Å². The number of hydrogen-bond donors (Lipinski definition) is 2. The third kappa shape index (κ3) is 4.49. The van der Waals surface area contributed by atoms with E-state index >= 15 is 0 Å². The van der Waals surface area contributed by atoms with Crippen molar-refractivity contribution in [1.82, 2.24) is 14.5 Å². The minimum absolute atomic E-state index is 0.174. The Bertz CT molecular complexity index is 380. The van der Waals surface area contributed by atoms with Crippen LogP contribution in [0.25, 0.3) is 0 Å². The molecule has 17 heavy (non-hydrogen) atoms. The molecular formula is C9H20N4O3S. The Morgan fingerprint density at radius 1 is 1.18 bits per heavy atom. The average molecular weight is 264 g/mol. The molecule has 1 rings (SSSR count). The lowest BCUT2D eigenvalue weighted by atomic mass is 10.1. The summed E-state index contributed by atoms with van der Waals surface area (Å²) in [5.41, 5.74) is -0.297. The molecule has 2 amide bonds. The second kappa shape index (κ2) is 4.79. The van der Waals surface area contributed by atoms with Crippen LogP contribution in [0.4, 0.5) is 4.79 Å². The van der Waals surface area contributed by atoms with Crippen LogP contribution in [0.5, 0.6) is 0 Å². The van der Waals surface area contributed by atoms with E-state index in [-0.39, 0.29) is 24.7 Å². The van der Waals surface area contributed by atoms with Crippen molar-refractivity contribution in [1.29, 1.82) is 0 Å². The smallest absolute Gasteiger partial charge is 0.317 e. The number of carbonyl (C=O) groups excluding carboxylic acids is 1. The zero-order valence-corrected chi connectivity index (χ0v) is 11.2. The number of urea groups is 1. The van der Waals surface area contributed by atoms with Crippen molar-refractivity contribution in [3.63, 3.8) is 0 Å². The summed E-state index contributed by atoms with van der Waals surface area (Å²) in [4.78, 5) is 13.4. The molecular weight excluding hydrogens is 244 g/mol. The van der Waals surface area contributed by atoms with Gasteiger partial charge in [0.2, 0.25) is 0 Å². The first-order valence-corrected chi connectivity index (χ1v) is 6.95. The van der Waals surface area contributed by atoms with Gasteiger partial charge in [-0.25, -0.2) is 9.93 Å². The van der Waals surface area contributed by atoms with Crippen molar-refractivity contribution in [2.45, 2.75) is 26.3 Å². The van der Waals surface area contributed by atoms with E-state index in [9.17, 15) is 13.2 Å². The molecule has 0 saturated carbocycles. The summed E-state index contributed by atoms with van der Waals surface area (Å²) in [7, 11) is -3.64.